The number of nitrogens with zero attached hydrogens (tertiary/aromatic N) is 2. The van der Waals surface area contributed by atoms with Crippen molar-refractivity contribution in [2.45, 2.75) is 19.4 Å². The quantitative estimate of drug-likeness (QED) is 0.700. The number of nitrogens with one attached hydrogen (secondary N) is 2. The largest absolute Gasteiger partial charge is 0.312 e. The number of hydrogen-bond acceptors (Lipinski definition) is 4. The van der Waals surface area contributed by atoms with Crippen LogP contribution in [0.5, 0.6) is 0 Å². The molecule has 1 amide bonds. The van der Waals surface area contributed by atoms with Gasteiger partial charge in [0.25, 0.3) is 0 Å². The Morgan fingerprint density at radius 2 is 2.38 bits per heavy atom. The molecule has 0 bridgehead atoms. The van der Waals surface area contributed by atoms with Gasteiger partial charge in [-0.05, 0) is 6.92 Å². The van der Waals surface area contributed by atoms with Crippen LogP contribution < -0.4 is 10.6 Å². The van der Waals surface area contributed by atoms with Gasteiger partial charge in [-0.2, -0.15) is 5.10 Å². The highest BCUT2D eigenvalue weighted by Crippen LogP contribution is 2.17. The Balaban J connectivity index is 2.00. The van der Waals surface area contributed by atoms with Crippen molar-refractivity contribution in [2.75, 3.05) is 18.4 Å². The molecule has 86 valence electrons. The zero-order valence-corrected chi connectivity index (χ0v) is 9.06. The summed E-state index contributed by atoms with van der Waals surface area (Å²) in [7, 11) is 0. The first kappa shape index (κ1) is 10.8. The molecule has 1 aliphatic heterocycles. The van der Waals surface area contributed by atoms with Crippen molar-refractivity contribution >= 4 is 17.5 Å². The summed E-state index contributed by atoms with van der Waals surface area (Å²) < 4.78 is 1.77. The molecule has 6 nitrogen and oxygen atoms in total. The molecule has 1 fully saturated rings. The molecular formula is C10H14N4O2. The molecule has 1 aliphatic rings. The fourth-order valence-electron chi connectivity index (χ4n) is 1.56. The fraction of sp³-hybridized carbons (Fsp3) is 0.500. The number of carbonyl (C=O) groups excluding carboxylic acids is 2. The van der Waals surface area contributed by atoms with Gasteiger partial charge < -0.3 is 10.6 Å². The minimum absolute atomic E-state index is 0.0892. The minimum Gasteiger partial charge on any atom is -0.312 e. The van der Waals surface area contributed by atoms with Crippen molar-refractivity contribution in [1.82, 2.24) is 15.1 Å². The standard InChI is InChI=1S/C10H14N4O2/c1-7(15)4-10(16)13-9-2-3-12-14(9)8-5-11-6-8/h2-3,8,11H,4-6H2,1H3,(H,13,16). The first-order valence-corrected chi connectivity index (χ1v) is 5.20. The van der Waals surface area contributed by atoms with E-state index in [1.165, 1.54) is 6.92 Å². The van der Waals surface area contributed by atoms with E-state index in [-0.39, 0.29) is 18.1 Å². The average molecular weight is 222 g/mol. The van der Waals surface area contributed by atoms with Gasteiger partial charge >= 0.3 is 0 Å². The number of aromatic nitrogens is 2. The van der Waals surface area contributed by atoms with Crippen molar-refractivity contribution in [2.24, 2.45) is 0 Å². The molecule has 1 saturated heterocycles. The lowest BCUT2D eigenvalue weighted by molar-refractivity contribution is -0.124. The van der Waals surface area contributed by atoms with E-state index in [0.29, 0.717) is 11.9 Å². The van der Waals surface area contributed by atoms with Gasteiger partial charge in [0.05, 0.1) is 18.7 Å². The van der Waals surface area contributed by atoms with E-state index in [0.717, 1.165) is 13.1 Å². The highest BCUT2D eigenvalue weighted by atomic mass is 16.2. The van der Waals surface area contributed by atoms with Crippen LogP contribution in [0.2, 0.25) is 0 Å². The van der Waals surface area contributed by atoms with Gasteiger partial charge in [-0.1, -0.05) is 0 Å². The minimum atomic E-state index is -0.290. The van der Waals surface area contributed by atoms with E-state index < -0.39 is 0 Å². The van der Waals surface area contributed by atoms with Crippen LogP contribution in [0, 0.1) is 0 Å². The molecule has 0 atom stereocenters. The van der Waals surface area contributed by atoms with Crippen LogP contribution in [0.1, 0.15) is 19.4 Å². The van der Waals surface area contributed by atoms with Gasteiger partial charge in [0, 0.05) is 19.2 Å². The molecule has 16 heavy (non-hydrogen) atoms. The van der Waals surface area contributed by atoms with Crippen molar-refractivity contribution in [3.05, 3.63) is 12.3 Å². The second-order valence-corrected chi connectivity index (χ2v) is 3.90. The maximum Gasteiger partial charge on any atom is 0.232 e. The van der Waals surface area contributed by atoms with Crippen molar-refractivity contribution < 1.29 is 9.59 Å². The topological polar surface area (TPSA) is 76.0 Å². The second kappa shape index (κ2) is 4.44. The molecule has 0 aromatic carbocycles. The SMILES string of the molecule is CC(=O)CC(=O)Nc1ccnn1C1CNC1. The molecule has 2 rings (SSSR count). The highest BCUT2D eigenvalue weighted by molar-refractivity contribution is 6.03. The molecule has 0 aliphatic carbocycles. The van der Waals surface area contributed by atoms with Gasteiger partial charge in [0.1, 0.15) is 11.6 Å². The monoisotopic (exact) mass is 222 g/mol. The number of hydrogen-bond donors (Lipinski definition) is 2. The van der Waals surface area contributed by atoms with Crippen molar-refractivity contribution in [3.63, 3.8) is 0 Å². The molecule has 1 aromatic heterocycles. The number of anilines is 1. The first-order valence-electron chi connectivity index (χ1n) is 5.20. The Labute approximate surface area is 93.0 Å². The summed E-state index contributed by atoms with van der Waals surface area (Å²) >= 11 is 0. The summed E-state index contributed by atoms with van der Waals surface area (Å²) in [5.41, 5.74) is 0. The van der Waals surface area contributed by atoms with Gasteiger partial charge in [0.15, 0.2) is 0 Å². The van der Waals surface area contributed by atoms with E-state index in [1.807, 2.05) is 0 Å². The van der Waals surface area contributed by atoms with Crippen LogP contribution in [0.4, 0.5) is 5.82 Å². The van der Waals surface area contributed by atoms with Crippen molar-refractivity contribution in [3.8, 4) is 0 Å². The van der Waals surface area contributed by atoms with E-state index in [1.54, 1.807) is 16.9 Å². The Morgan fingerprint density at radius 1 is 1.62 bits per heavy atom. The summed E-state index contributed by atoms with van der Waals surface area (Å²) in [6.07, 6.45) is 1.55. The zero-order valence-electron chi connectivity index (χ0n) is 9.06. The third-order valence-electron chi connectivity index (χ3n) is 2.45. The average Bonchev–Trinajstić information content (AvgIpc) is 2.48. The van der Waals surface area contributed by atoms with E-state index >= 15 is 0 Å². The molecule has 1 aromatic rings. The van der Waals surface area contributed by atoms with E-state index in [2.05, 4.69) is 15.7 Å². The smallest absolute Gasteiger partial charge is 0.232 e. The second-order valence-electron chi connectivity index (χ2n) is 3.90. The van der Waals surface area contributed by atoms with Gasteiger partial charge in [0.2, 0.25) is 5.91 Å². The Hall–Kier alpha value is -1.69. The molecule has 2 heterocycles. The lowest BCUT2D eigenvalue weighted by Gasteiger charge is -2.28. The summed E-state index contributed by atoms with van der Waals surface area (Å²) in [4.78, 5) is 22.2. The fourth-order valence-corrected chi connectivity index (χ4v) is 1.56. The van der Waals surface area contributed by atoms with Crippen LogP contribution >= 0.6 is 0 Å². The third kappa shape index (κ3) is 2.27. The molecular weight excluding hydrogens is 208 g/mol. The molecule has 6 heteroatoms. The predicted octanol–water partition coefficient (Wildman–Crippen LogP) is -0.0550. The molecule has 0 saturated carbocycles. The van der Waals surface area contributed by atoms with Crippen LogP contribution in [-0.4, -0.2) is 34.6 Å². The number of amides is 1. The molecule has 0 spiro atoms. The summed E-state index contributed by atoms with van der Waals surface area (Å²) in [5.74, 6) is 0.216. The Morgan fingerprint density at radius 3 is 2.94 bits per heavy atom. The van der Waals surface area contributed by atoms with Gasteiger partial charge in [-0.25, -0.2) is 4.68 Å². The predicted molar refractivity (Wildman–Crippen MR) is 58.1 cm³/mol. The molecule has 0 unspecified atom stereocenters. The van der Waals surface area contributed by atoms with Gasteiger partial charge in [-0.15, -0.1) is 0 Å². The molecule has 2 N–H and O–H groups in total. The number of ketones is 1. The third-order valence-corrected chi connectivity index (χ3v) is 2.45. The van der Waals surface area contributed by atoms with Crippen LogP contribution in [0.3, 0.4) is 0 Å². The number of carbonyl (C=O) groups is 2. The lowest BCUT2D eigenvalue weighted by Crippen LogP contribution is -2.44. The maximum atomic E-state index is 11.4. The van der Waals surface area contributed by atoms with E-state index in [9.17, 15) is 9.59 Å². The Bertz CT molecular complexity index is 409. The van der Waals surface area contributed by atoms with E-state index in [4.69, 9.17) is 0 Å². The van der Waals surface area contributed by atoms with Crippen molar-refractivity contribution in [1.29, 1.82) is 0 Å². The maximum absolute atomic E-state index is 11.4. The number of rotatable bonds is 4. The van der Waals surface area contributed by atoms with Crippen LogP contribution in [-0.2, 0) is 9.59 Å². The van der Waals surface area contributed by atoms with Gasteiger partial charge in [-0.3, -0.25) is 9.59 Å². The Kier molecular flexibility index (Phi) is 3.00. The summed E-state index contributed by atoms with van der Waals surface area (Å²) in [6, 6.07) is 2.03. The van der Waals surface area contributed by atoms with Crippen LogP contribution in [0.25, 0.3) is 0 Å². The van der Waals surface area contributed by atoms with Crippen LogP contribution in [0.15, 0.2) is 12.3 Å². The summed E-state index contributed by atoms with van der Waals surface area (Å²) in [5, 5.41) is 9.97. The zero-order chi connectivity index (χ0) is 11.5. The number of Topliss-reactive ketones (excluding diaryl/α,β-unsaturated/α-hetero) is 1. The highest BCUT2D eigenvalue weighted by Gasteiger charge is 2.22. The lowest BCUT2D eigenvalue weighted by atomic mass is 10.2. The first-order chi connectivity index (χ1) is 7.66. The molecule has 0 radical (unpaired) electrons. The normalized spacial score (nSPS) is 15.6. The summed E-state index contributed by atoms with van der Waals surface area (Å²) in [6.45, 7) is 3.11.